The molecule has 0 saturated carbocycles. The number of aromatic nitrogens is 1. The van der Waals surface area contributed by atoms with Gasteiger partial charge >= 0.3 is 6.18 Å². The quantitative estimate of drug-likeness (QED) is 0.550. The first-order chi connectivity index (χ1) is 15.2. The van der Waals surface area contributed by atoms with E-state index in [0.29, 0.717) is 0 Å². The zero-order valence-electron chi connectivity index (χ0n) is 16.1. The lowest BCUT2D eigenvalue weighted by molar-refractivity contribution is -0.401. The molecule has 4 rings (SSSR count). The summed E-state index contributed by atoms with van der Waals surface area (Å²) in [5, 5.41) is 4.63. The molecule has 2 aliphatic heterocycles. The predicted molar refractivity (Wildman–Crippen MR) is 99.3 cm³/mol. The average Bonchev–Trinajstić information content (AvgIpc) is 3.15. The maximum absolute atomic E-state index is 13.7. The third kappa shape index (κ3) is 3.93. The van der Waals surface area contributed by atoms with Gasteiger partial charge < -0.3 is 15.5 Å². The van der Waals surface area contributed by atoms with E-state index in [-0.39, 0.29) is 22.7 Å². The first-order valence-electron chi connectivity index (χ1n) is 9.29. The number of nitrogens with one attached hydrogen (secondary N) is 3. The number of hydrogen-bond acceptors (Lipinski definition) is 3. The van der Waals surface area contributed by atoms with Crippen molar-refractivity contribution in [2.24, 2.45) is 0 Å². The Morgan fingerprint density at radius 1 is 1.12 bits per heavy atom. The van der Waals surface area contributed by atoms with Crippen LogP contribution in [0.15, 0.2) is 72.4 Å². The van der Waals surface area contributed by atoms with Gasteiger partial charge in [0.15, 0.2) is 23.6 Å². The fourth-order valence-corrected chi connectivity index (χ4v) is 3.46. The van der Waals surface area contributed by atoms with Crippen molar-refractivity contribution in [3.8, 4) is 0 Å². The lowest BCUT2D eigenvalue weighted by atomic mass is 10.1. The molecule has 1 aromatic carbocycles. The van der Waals surface area contributed by atoms with Crippen LogP contribution in [0.25, 0.3) is 0 Å². The second-order valence-electron chi connectivity index (χ2n) is 6.98. The van der Waals surface area contributed by atoms with Gasteiger partial charge in [0.05, 0.1) is 5.70 Å². The molecule has 2 atom stereocenters. The van der Waals surface area contributed by atoms with E-state index in [2.05, 4.69) is 10.3 Å². The van der Waals surface area contributed by atoms with Gasteiger partial charge in [0.1, 0.15) is 11.9 Å². The molecule has 3 heterocycles. The van der Waals surface area contributed by atoms with E-state index in [1.807, 2.05) is 5.32 Å². The molecule has 11 heteroatoms. The number of alkyl halides is 3. The topological polar surface area (TPSA) is 58.5 Å². The predicted octanol–water partition coefficient (Wildman–Crippen LogP) is 3.54. The SMILES string of the molecule is O=C(NC(c1cccc[nH+]1)C(F)(F)F)C1=C2C=CC=CN2C(c2cc(F)c(F)c(F)c2)N1. The van der Waals surface area contributed by atoms with E-state index in [1.165, 1.54) is 41.6 Å². The fraction of sp³-hybridized carbons (Fsp3) is 0.143. The molecule has 2 aromatic rings. The first kappa shape index (κ1) is 21.5. The highest BCUT2D eigenvalue weighted by Crippen LogP contribution is 2.36. The maximum Gasteiger partial charge on any atom is 0.418 e. The first-order valence-corrected chi connectivity index (χ1v) is 9.29. The Kier molecular flexibility index (Phi) is 5.41. The van der Waals surface area contributed by atoms with Gasteiger partial charge in [0.25, 0.3) is 5.91 Å². The van der Waals surface area contributed by atoms with Gasteiger partial charge in [0, 0.05) is 23.9 Å². The summed E-state index contributed by atoms with van der Waals surface area (Å²) < 4.78 is 81.7. The molecular formula is C21H15F6N4O+. The smallest absolute Gasteiger partial charge is 0.355 e. The Morgan fingerprint density at radius 3 is 2.47 bits per heavy atom. The molecule has 166 valence electrons. The van der Waals surface area contributed by atoms with Crippen LogP contribution in [0.1, 0.15) is 23.5 Å². The number of pyridine rings is 1. The van der Waals surface area contributed by atoms with Crippen LogP contribution in [-0.4, -0.2) is 17.0 Å². The minimum absolute atomic E-state index is 0.0644. The lowest BCUT2D eigenvalue weighted by Gasteiger charge is -2.26. The second-order valence-corrected chi connectivity index (χ2v) is 6.98. The summed E-state index contributed by atoms with van der Waals surface area (Å²) in [4.78, 5) is 16.7. The third-order valence-corrected chi connectivity index (χ3v) is 4.90. The van der Waals surface area contributed by atoms with Crippen molar-refractivity contribution in [1.82, 2.24) is 15.5 Å². The van der Waals surface area contributed by atoms with Gasteiger partial charge in [-0.2, -0.15) is 13.2 Å². The van der Waals surface area contributed by atoms with Gasteiger partial charge in [-0.3, -0.25) is 4.79 Å². The van der Waals surface area contributed by atoms with Crippen molar-refractivity contribution in [3.63, 3.8) is 0 Å². The number of H-pyrrole nitrogens is 1. The molecule has 32 heavy (non-hydrogen) atoms. The Labute approximate surface area is 177 Å². The zero-order valence-corrected chi connectivity index (χ0v) is 16.1. The number of halogens is 6. The Morgan fingerprint density at radius 2 is 1.84 bits per heavy atom. The summed E-state index contributed by atoms with van der Waals surface area (Å²) in [7, 11) is 0. The van der Waals surface area contributed by atoms with E-state index < -0.39 is 41.7 Å². The van der Waals surface area contributed by atoms with Crippen molar-refractivity contribution in [1.29, 1.82) is 0 Å². The van der Waals surface area contributed by atoms with Crippen molar-refractivity contribution in [3.05, 3.63) is 101 Å². The molecule has 5 nitrogen and oxygen atoms in total. The molecule has 2 unspecified atom stereocenters. The van der Waals surface area contributed by atoms with Gasteiger partial charge in [0.2, 0.25) is 11.7 Å². The van der Waals surface area contributed by atoms with E-state index in [4.69, 9.17) is 0 Å². The van der Waals surface area contributed by atoms with Crippen LogP contribution < -0.4 is 15.6 Å². The number of nitrogens with zero attached hydrogens (tertiary/aromatic N) is 1. The minimum atomic E-state index is -4.80. The van der Waals surface area contributed by atoms with Crippen LogP contribution in [0.4, 0.5) is 26.3 Å². The van der Waals surface area contributed by atoms with Crippen LogP contribution in [0.2, 0.25) is 0 Å². The highest BCUT2D eigenvalue weighted by Gasteiger charge is 2.47. The van der Waals surface area contributed by atoms with Crippen LogP contribution in [0.3, 0.4) is 0 Å². The molecule has 2 aliphatic rings. The molecule has 1 amide bonds. The summed E-state index contributed by atoms with van der Waals surface area (Å²) in [5.41, 5.74) is -0.415. The van der Waals surface area contributed by atoms with Gasteiger partial charge in [-0.15, -0.1) is 0 Å². The number of amides is 1. The molecule has 3 N–H and O–H groups in total. The largest absolute Gasteiger partial charge is 0.418 e. The van der Waals surface area contributed by atoms with Crippen LogP contribution in [-0.2, 0) is 4.79 Å². The lowest BCUT2D eigenvalue weighted by Crippen LogP contribution is -2.43. The summed E-state index contributed by atoms with van der Waals surface area (Å²) in [6.45, 7) is 0. The van der Waals surface area contributed by atoms with Crippen LogP contribution in [0.5, 0.6) is 0 Å². The second kappa shape index (κ2) is 8.06. The molecule has 0 radical (unpaired) electrons. The van der Waals surface area contributed by atoms with Gasteiger partial charge in [-0.1, -0.05) is 12.1 Å². The van der Waals surface area contributed by atoms with E-state index in [1.54, 1.807) is 12.2 Å². The Hall–Kier alpha value is -3.76. The molecule has 1 aromatic heterocycles. The highest BCUT2D eigenvalue weighted by atomic mass is 19.4. The number of aromatic amines is 1. The van der Waals surface area contributed by atoms with Crippen LogP contribution >= 0.6 is 0 Å². The number of allylic oxidation sites excluding steroid dienone is 3. The number of fused-ring (bicyclic) bond motifs is 1. The molecular weight excluding hydrogens is 438 g/mol. The van der Waals surface area contributed by atoms with Crippen molar-refractivity contribution < 1.29 is 36.1 Å². The standard InChI is InChI=1S/C21H14F6N4O/c22-12-9-11(10-13(23)16(12)24)19-29-17(15-6-2-4-8-31(15)19)20(32)30-18(21(25,26)27)14-5-1-3-7-28-14/h1-10,18-19,29H,(H,30,32)/p+1. The number of hydrogen-bond donors (Lipinski definition) is 2. The molecule has 0 spiro atoms. The summed E-state index contributed by atoms with van der Waals surface area (Å²) >= 11 is 0. The van der Waals surface area contributed by atoms with Crippen molar-refractivity contribution in [2.45, 2.75) is 18.4 Å². The zero-order chi connectivity index (χ0) is 23.0. The Balaban J connectivity index is 1.66. The normalized spacial score (nSPS) is 18.4. The number of benzene rings is 1. The fourth-order valence-electron chi connectivity index (χ4n) is 3.46. The number of rotatable bonds is 4. The number of carbonyl (C=O) groups excluding carboxylic acids is 1. The Bertz CT molecular complexity index is 1120. The molecule has 0 bridgehead atoms. The highest BCUT2D eigenvalue weighted by molar-refractivity contribution is 5.95. The third-order valence-electron chi connectivity index (χ3n) is 4.90. The van der Waals surface area contributed by atoms with Gasteiger partial charge in [-0.05, 0) is 24.3 Å². The van der Waals surface area contributed by atoms with Crippen molar-refractivity contribution in [2.75, 3.05) is 0 Å². The van der Waals surface area contributed by atoms with E-state index >= 15 is 0 Å². The minimum Gasteiger partial charge on any atom is -0.355 e. The molecule has 0 fully saturated rings. The summed E-state index contributed by atoms with van der Waals surface area (Å²) in [5.74, 6) is -5.61. The average molecular weight is 453 g/mol. The monoisotopic (exact) mass is 453 g/mol. The van der Waals surface area contributed by atoms with Crippen molar-refractivity contribution >= 4 is 5.91 Å². The molecule has 0 saturated heterocycles. The number of carbonyl (C=O) groups is 1. The summed E-state index contributed by atoms with van der Waals surface area (Å²) in [6.07, 6.45) is 1.47. The van der Waals surface area contributed by atoms with Gasteiger partial charge in [-0.25, -0.2) is 18.2 Å². The van der Waals surface area contributed by atoms with E-state index in [0.717, 1.165) is 12.1 Å². The van der Waals surface area contributed by atoms with E-state index in [9.17, 15) is 31.1 Å². The maximum atomic E-state index is 13.7. The van der Waals surface area contributed by atoms with Crippen LogP contribution in [0, 0.1) is 17.5 Å². The molecule has 0 aliphatic carbocycles. The summed E-state index contributed by atoms with van der Waals surface area (Å²) in [6, 6.07) is 3.22.